The van der Waals surface area contributed by atoms with Gasteiger partial charge in [-0.15, -0.1) is 11.8 Å². The Morgan fingerprint density at radius 1 is 1.26 bits per heavy atom. The summed E-state index contributed by atoms with van der Waals surface area (Å²) >= 11 is 3.22. The number of aromatic nitrogens is 1. The van der Waals surface area contributed by atoms with E-state index in [1.165, 1.54) is 0 Å². The highest BCUT2D eigenvalue weighted by molar-refractivity contribution is 7.98. The van der Waals surface area contributed by atoms with Crippen LogP contribution in [0.25, 0.3) is 0 Å². The molecule has 6 nitrogen and oxygen atoms in total. The Kier molecular flexibility index (Phi) is 8.60. The number of nitrogens with one attached hydrogen (secondary N) is 1. The molecule has 1 aliphatic rings. The number of thioether (sulfide) groups is 2. The lowest BCUT2D eigenvalue weighted by atomic mass is 10.0. The van der Waals surface area contributed by atoms with Crippen LogP contribution in [0.15, 0.2) is 41.4 Å². The first-order chi connectivity index (χ1) is 15.0. The third-order valence-electron chi connectivity index (χ3n) is 5.02. The van der Waals surface area contributed by atoms with Crippen LogP contribution in [0.1, 0.15) is 29.6 Å². The van der Waals surface area contributed by atoms with Gasteiger partial charge in [-0.2, -0.15) is 11.8 Å². The number of ether oxygens (including phenoxy) is 1. The molecule has 2 amide bonds. The van der Waals surface area contributed by atoms with Gasteiger partial charge in [0.1, 0.15) is 17.1 Å². The van der Waals surface area contributed by atoms with Crippen LogP contribution in [0.3, 0.4) is 0 Å². The first-order valence-corrected chi connectivity index (χ1v) is 12.7. The second kappa shape index (κ2) is 11.4. The lowest BCUT2D eigenvalue weighted by Crippen LogP contribution is -2.46. The number of hydrogen-bond acceptors (Lipinski definition) is 6. The number of pyridine rings is 1. The molecule has 1 aromatic heterocycles. The van der Waals surface area contributed by atoms with Crippen LogP contribution in [0, 0.1) is 5.82 Å². The minimum absolute atomic E-state index is 0.0491. The highest BCUT2D eigenvalue weighted by atomic mass is 32.2. The summed E-state index contributed by atoms with van der Waals surface area (Å²) in [5.41, 5.74) is 0.0491. The number of carbonyl (C=O) groups excluding carboxylic acids is 2. The van der Waals surface area contributed by atoms with Gasteiger partial charge in [0.05, 0.1) is 6.20 Å². The van der Waals surface area contributed by atoms with Crippen LogP contribution in [0.4, 0.5) is 4.39 Å². The summed E-state index contributed by atoms with van der Waals surface area (Å²) in [6.07, 6.45) is 6.81. The highest BCUT2D eigenvalue weighted by Gasteiger charge is 2.25. The van der Waals surface area contributed by atoms with Crippen LogP contribution >= 0.6 is 23.5 Å². The van der Waals surface area contributed by atoms with Crippen LogP contribution in [0.5, 0.6) is 11.6 Å². The summed E-state index contributed by atoms with van der Waals surface area (Å²) in [7, 11) is 0. The van der Waals surface area contributed by atoms with Gasteiger partial charge in [0.15, 0.2) is 0 Å². The number of rotatable bonds is 8. The van der Waals surface area contributed by atoms with E-state index in [1.54, 1.807) is 29.6 Å². The number of benzene rings is 1. The SMILES string of the molecule is CSCCC(=O)N1CCC(NC(=O)c2cc(F)cnc2Oc2cccc(SC)c2)CC1. The van der Waals surface area contributed by atoms with E-state index in [4.69, 9.17) is 4.74 Å². The van der Waals surface area contributed by atoms with Crippen molar-refractivity contribution >= 4 is 35.3 Å². The number of piperidine rings is 1. The summed E-state index contributed by atoms with van der Waals surface area (Å²) in [5, 5.41) is 2.94. The molecule has 0 spiro atoms. The fourth-order valence-corrected chi connectivity index (χ4v) is 4.16. The normalized spacial score (nSPS) is 14.4. The third kappa shape index (κ3) is 6.61. The van der Waals surface area contributed by atoms with Crippen molar-refractivity contribution in [3.63, 3.8) is 0 Å². The summed E-state index contributed by atoms with van der Waals surface area (Å²) in [5.74, 6) is 0.500. The average Bonchev–Trinajstić information content (AvgIpc) is 2.79. The Hall–Kier alpha value is -2.26. The van der Waals surface area contributed by atoms with Crippen molar-refractivity contribution in [1.29, 1.82) is 0 Å². The average molecular weight is 464 g/mol. The summed E-state index contributed by atoms with van der Waals surface area (Å²) < 4.78 is 19.6. The lowest BCUT2D eigenvalue weighted by molar-refractivity contribution is -0.131. The molecule has 2 aromatic rings. The molecule has 0 aliphatic carbocycles. The van der Waals surface area contributed by atoms with E-state index in [0.717, 1.165) is 22.9 Å². The molecule has 0 unspecified atom stereocenters. The number of hydrogen-bond donors (Lipinski definition) is 1. The molecule has 166 valence electrons. The maximum atomic E-state index is 13.8. The van der Waals surface area contributed by atoms with Gasteiger partial charge in [-0.05, 0) is 49.6 Å². The smallest absolute Gasteiger partial charge is 0.257 e. The minimum Gasteiger partial charge on any atom is -0.438 e. The molecule has 0 bridgehead atoms. The zero-order valence-electron chi connectivity index (χ0n) is 17.6. The number of likely N-dealkylation sites (tertiary alicyclic amines) is 1. The predicted molar refractivity (Wildman–Crippen MR) is 123 cm³/mol. The van der Waals surface area contributed by atoms with Crippen LogP contribution in [-0.4, -0.2) is 59.1 Å². The van der Waals surface area contributed by atoms with Gasteiger partial charge in [0.25, 0.3) is 5.91 Å². The monoisotopic (exact) mass is 463 g/mol. The predicted octanol–water partition coefficient (Wildman–Crippen LogP) is 4.21. The Balaban J connectivity index is 1.64. The van der Waals surface area contributed by atoms with Gasteiger partial charge >= 0.3 is 0 Å². The molecule has 1 aromatic carbocycles. The number of carbonyl (C=O) groups is 2. The van der Waals surface area contributed by atoms with Gasteiger partial charge < -0.3 is 15.0 Å². The second-order valence-electron chi connectivity index (χ2n) is 7.16. The molecule has 1 saturated heterocycles. The maximum absolute atomic E-state index is 13.8. The van der Waals surface area contributed by atoms with E-state index in [1.807, 2.05) is 35.6 Å². The first-order valence-electron chi connectivity index (χ1n) is 10.0. The Morgan fingerprint density at radius 3 is 2.74 bits per heavy atom. The molecular weight excluding hydrogens is 437 g/mol. The van der Waals surface area contributed by atoms with Gasteiger partial charge in [0, 0.05) is 36.2 Å². The maximum Gasteiger partial charge on any atom is 0.257 e. The molecule has 1 aliphatic heterocycles. The molecule has 3 rings (SSSR count). The summed E-state index contributed by atoms with van der Waals surface area (Å²) in [6.45, 7) is 1.20. The van der Waals surface area contributed by atoms with Gasteiger partial charge in [0.2, 0.25) is 11.8 Å². The van der Waals surface area contributed by atoms with Crippen molar-refractivity contribution in [3.8, 4) is 11.6 Å². The van der Waals surface area contributed by atoms with E-state index in [0.29, 0.717) is 38.1 Å². The minimum atomic E-state index is -0.607. The number of amides is 2. The van der Waals surface area contributed by atoms with Crippen LogP contribution in [0.2, 0.25) is 0 Å². The van der Waals surface area contributed by atoms with Crippen molar-refractivity contribution in [2.24, 2.45) is 0 Å². The third-order valence-corrected chi connectivity index (χ3v) is 6.36. The van der Waals surface area contributed by atoms with Crippen molar-refractivity contribution < 1.29 is 18.7 Å². The quantitative estimate of drug-likeness (QED) is 0.592. The van der Waals surface area contributed by atoms with Crippen molar-refractivity contribution in [2.75, 3.05) is 31.4 Å². The Bertz CT molecular complexity index is 921. The second-order valence-corrected chi connectivity index (χ2v) is 9.02. The van der Waals surface area contributed by atoms with E-state index < -0.39 is 11.7 Å². The molecule has 1 fully saturated rings. The highest BCUT2D eigenvalue weighted by Crippen LogP contribution is 2.27. The first kappa shape index (κ1) is 23.4. The van der Waals surface area contributed by atoms with Gasteiger partial charge in [-0.25, -0.2) is 9.37 Å². The zero-order valence-corrected chi connectivity index (χ0v) is 19.2. The molecule has 0 saturated carbocycles. The molecule has 0 radical (unpaired) electrons. The van der Waals surface area contributed by atoms with Crippen LogP contribution < -0.4 is 10.1 Å². The summed E-state index contributed by atoms with van der Waals surface area (Å²) in [4.78, 5) is 31.9. The fourth-order valence-electron chi connectivity index (χ4n) is 3.33. The molecule has 9 heteroatoms. The Morgan fingerprint density at radius 2 is 2.03 bits per heavy atom. The van der Waals surface area contributed by atoms with E-state index >= 15 is 0 Å². The number of halogens is 1. The zero-order chi connectivity index (χ0) is 22.2. The van der Waals surface area contributed by atoms with Gasteiger partial charge in [-0.1, -0.05) is 6.07 Å². The van der Waals surface area contributed by atoms with Crippen molar-refractivity contribution in [1.82, 2.24) is 15.2 Å². The molecule has 31 heavy (non-hydrogen) atoms. The molecular formula is C22H26FN3O3S2. The van der Waals surface area contributed by atoms with E-state index in [-0.39, 0.29) is 23.4 Å². The molecule has 1 N–H and O–H groups in total. The largest absolute Gasteiger partial charge is 0.438 e. The Labute approximate surface area is 190 Å². The van der Waals surface area contributed by atoms with Crippen LogP contribution in [-0.2, 0) is 4.79 Å². The lowest BCUT2D eigenvalue weighted by Gasteiger charge is -2.32. The fraction of sp³-hybridized carbons (Fsp3) is 0.409. The molecule has 0 atom stereocenters. The standard InChI is InChI=1S/C22H26FN3O3S2/c1-30-11-8-20(27)26-9-6-16(7-10-26)25-21(28)19-12-15(23)14-24-22(19)29-17-4-3-5-18(13-17)31-2/h3-5,12-14,16H,6-11H2,1-2H3,(H,25,28). The van der Waals surface area contributed by atoms with Crippen molar-refractivity contribution in [2.45, 2.75) is 30.2 Å². The van der Waals surface area contributed by atoms with Gasteiger partial charge in [-0.3, -0.25) is 9.59 Å². The molecule has 2 heterocycles. The summed E-state index contributed by atoms with van der Waals surface area (Å²) in [6, 6.07) is 8.43. The van der Waals surface area contributed by atoms with E-state index in [9.17, 15) is 14.0 Å². The number of nitrogens with zero attached hydrogens (tertiary/aromatic N) is 2. The topological polar surface area (TPSA) is 71.5 Å². The van der Waals surface area contributed by atoms with E-state index in [2.05, 4.69) is 10.3 Å². The van der Waals surface area contributed by atoms with Crippen molar-refractivity contribution in [3.05, 3.63) is 47.9 Å².